The second-order valence-corrected chi connectivity index (χ2v) is 3.43. The first-order valence-corrected chi connectivity index (χ1v) is 3.12. The second-order valence-electron chi connectivity index (χ2n) is 3.43. The summed E-state index contributed by atoms with van der Waals surface area (Å²) in [6.07, 6.45) is 0.860. The molecule has 0 bridgehead atoms. The zero-order chi connectivity index (χ0) is 7.49. The van der Waals surface area contributed by atoms with Crippen LogP contribution in [0.1, 0.15) is 33.6 Å². The van der Waals surface area contributed by atoms with E-state index in [2.05, 4.69) is 0 Å². The van der Waals surface area contributed by atoms with Crippen LogP contribution in [0.5, 0.6) is 0 Å². The summed E-state index contributed by atoms with van der Waals surface area (Å²) in [5, 5.41) is 9.93. The van der Waals surface area contributed by atoms with Crippen LogP contribution < -0.4 is 56.5 Å². The van der Waals surface area contributed by atoms with Gasteiger partial charge in [0, 0.05) is 5.97 Å². The van der Waals surface area contributed by atoms with Crippen molar-refractivity contribution in [1.82, 2.24) is 0 Å². The Morgan fingerprint density at radius 1 is 1.40 bits per heavy atom. The molecule has 3 heteroatoms. The van der Waals surface area contributed by atoms with Crippen molar-refractivity contribution in [3.63, 3.8) is 0 Å². The van der Waals surface area contributed by atoms with Gasteiger partial charge in [-0.2, -0.15) is 0 Å². The van der Waals surface area contributed by atoms with Crippen LogP contribution in [0.4, 0.5) is 0 Å². The maximum Gasteiger partial charge on any atom is 1.00 e. The van der Waals surface area contributed by atoms with E-state index in [9.17, 15) is 9.90 Å². The molecule has 0 aliphatic heterocycles. The molecule has 0 aliphatic carbocycles. The molecular weight excluding hydrogens is 155 g/mol. The zero-order valence-electron chi connectivity index (χ0n) is 7.23. The van der Waals surface area contributed by atoms with Gasteiger partial charge in [-0.15, -0.1) is 0 Å². The van der Waals surface area contributed by atoms with Crippen molar-refractivity contribution in [2.45, 2.75) is 33.6 Å². The van der Waals surface area contributed by atoms with Gasteiger partial charge in [0.05, 0.1) is 0 Å². The van der Waals surface area contributed by atoms with Crippen LogP contribution in [-0.2, 0) is 4.79 Å². The molecule has 0 aromatic carbocycles. The minimum Gasteiger partial charge on any atom is -0.550 e. The number of rotatable bonds is 2. The van der Waals surface area contributed by atoms with Crippen molar-refractivity contribution in [1.29, 1.82) is 0 Å². The average molecular weight is 168 g/mol. The third-order valence-corrected chi connectivity index (χ3v) is 1.08. The minimum atomic E-state index is -0.954. The first-order chi connectivity index (χ1) is 3.92. The van der Waals surface area contributed by atoms with Crippen LogP contribution in [0, 0.1) is 5.41 Å². The van der Waals surface area contributed by atoms with E-state index in [0.29, 0.717) is 6.42 Å². The third kappa shape index (κ3) is 11.8. The molecule has 0 saturated heterocycles. The predicted octanol–water partition coefficient (Wildman–Crippen LogP) is -2.43. The maximum absolute atomic E-state index is 9.93. The molecule has 0 saturated carbocycles. The van der Waals surface area contributed by atoms with Crippen molar-refractivity contribution >= 4 is 5.97 Å². The first-order valence-electron chi connectivity index (χ1n) is 3.12. The summed E-state index contributed by atoms with van der Waals surface area (Å²) in [4.78, 5) is 9.93. The fourth-order valence-corrected chi connectivity index (χ4v) is 0.477. The number of carbonyl (C=O) groups excluding carboxylic acids is 1. The molecule has 0 fully saturated rings. The SMILES string of the molecule is CC(C)(C)CCC(=O)[O-].[K+]. The van der Waals surface area contributed by atoms with Crippen molar-refractivity contribution in [3.05, 3.63) is 0 Å². The molecule has 0 radical (unpaired) electrons. The van der Waals surface area contributed by atoms with Gasteiger partial charge in [-0.25, -0.2) is 0 Å². The summed E-state index contributed by atoms with van der Waals surface area (Å²) in [6, 6.07) is 0. The summed E-state index contributed by atoms with van der Waals surface area (Å²) in [5.74, 6) is -0.954. The fraction of sp³-hybridized carbons (Fsp3) is 0.857. The number of hydrogen-bond acceptors (Lipinski definition) is 2. The maximum atomic E-state index is 9.93. The van der Waals surface area contributed by atoms with Gasteiger partial charge in [-0.1, -0.05) is 20.8 Å². The molecule has 0 atom stereocenters. The summed E-state index contributed by atoms with van der Waals surface area (Å²) in [6.45, 7) is 6.03. The van der Waals surface area contributed by atoms with E-state index in [0.717, 1.165) is 0 Å². The van der Waals surface area contributed by atoms with E-state index in [1.165, 1.54) is 0 Å². The molecule has 0 aromatic rings. The van der Waals surface area contributed by atoms with E-state index < -0.39 is 5.97 Å². The Balaban J connectivity index is 0. The Kier molecular flexibility index (Phi) is 7.82. The molecule has 2 nitrogen and oxygen atoms in total. The monoisotopic (exact) mass is 168 g/mol. The van der Waals surface area contributed by atoms with Gasteiger partial charge in [-0.3, -0.25) is 0 Å². The molecular formula is C7H13KO2. The van der Waals surface area contributed by atoms with E-state index >= 15 is 0 Å². The van der Waals surface area contributed by atoms with Gasteiger partial charge < -0.3 is 9.90 Å². The summed E-state index contributed by atoms with van der Waals surface area (Å²) >= 11 is 0. The molecule has 0 N–H and O–H groups in total. The van der Waals surface area contributed by atoms with Crippen LogP contribution in [0.3, 0.4) is 0 Å². The number of carboxylic acids is 1. The number of hydrogen-bond donors (Lipinski definition) is 0. The Hall–Kier alpha value is 1.11. The van der Waals surface area contributed by atoms with Crippen molar-refractivity contribution < 1.29 is 61.3 Å². The Morgan fingerprint density at radius 3 is 1.90 bits per heavy atom. The smallest absolute Gasteiger partial charge is 0.550 e. The van der Waals surface area contributed by atoms with Gasteiger partial charge in [0.1, 0.15) is 0 Å². The number of carboxylic acid groups (broad SMARTS) is 1. The van der Waals surface area contributed by atoms with Gasteiger partial charge >= 0.3 is 51.4 Å². The summed E-state index contributed by atoms with van der Waals surface area (Å²) in [7, 11) is 0. The van der Waals surface area contributed by atoms with Crippen LogP contribution in [-0.4, -0.2) is 5.97 Å². The van der Waals surface area contributed by atoms with E-state index in [-0.39, 0.29) is 63.2 Å². The summed E-state index contributed by atoms with van der Waals surface area (Å²) < 4.78 is 0. The standard InChI is InChI=1S/C7H14O2.K/c1-7(2,3)5-4-6(8)9;/h4-5H2,1-3H3,(H,8,9);/q;+1/p-1. The van der Waals surface area contributed by atoms with E-state index in [4.69, 9.17) is 0 Å². The Labute approximate surface area is 105 Å². The van der Waals surface area contributed by atoms with Gasteiger partial charge in [0.15, 0.2) is 0 Å². The predicted molar refractivity (Wildman–Crippen MR) is 33.7 cm³/mol. The largest absolute Gasteiger partial charge is 1.00 e. The normalized spacial score (nSPS) is 10.3. The van der Waals surface area contributed by atoms with Crippen LogP contribution in [0.15, 0.2) is 0 Å². The quantitative estimate of drug-likeness (QED) is 0.430. The Morgan fingerprint density at radius 2 is 1.80 bits per heavy atom. The first kappa shape index (κ1) is 13.7. The van der Waals surface area contributed by atoms with Crippen molar-refractivity contribution in [3.8, 4) is 0 Å². The van der Waals surface area contributed by atoms with Crippen LogP contribution in [0.2, 0.25) is 0 Å². The van der Waals surface area contributed by atoms with Crippen molar-refractivity contribution in [2.75, 3.05) is 0 Å². The molecule has 0 spiro atoms. The van der Waals surface area contributed by atoms with Crippen LogP contribution >= 0.6 is 0 Å². The number of aliphatic carboxylic acids is 1. The molecule has 0 aromatic heterocycles. The average Bonchev–Trinajstić information content (AvgIpc) is 1.59. The molecule has 0 unspecified atom stereocenters. The van der Waals surface area contributed by atoms with Crippen molar-refractivity contribution in [2.24, 2.45) is 5.41 Å². The van der Waals surface area contributed by atoms with Gasteiger partial charge in [0.25, 0.3) is 0 Å². The molecule has 0 heterocycles. The topological polar surface area (TPSA) is 40.1 Å². The van der Waals surface area contributed by atoms with Gasteiger partial charge in [0.2, 0.25) is 0 Å². The molecule has 54 valence electrons. The number of carbonyl (C=O) groups is 1. The van der Waals surface area contributed by atoms with E-state index in [1.807, 2.05) is 20.8 Å². The van der Waals surface area contributed by atoms with Gasteiger partial charge in [-0.05, 0) is 18.3 Å². The molecule has 0 aliphatic rings. The van der Waals surface area contributed by atoms with Crippen LogP contribution in [0.25, 0.3) is 0 Å². The molecule has 0 rings (SSSR count). The third-order valence-electron chi connectivity index (χ3n) is 1.08. The summed E-state index contributed by atoms with van der Waals surface area (Å²) in [5.41, 5.74) is 0.111. The fourth-order valence-electron chi connectivity index (χ4n) is 0.477. The Bertz CT molecular complexity index is 105. The molecule has 10 heavy (non-hydrogen) atoms. The minimum absolute atomic E-state index is 0. The van der Waals surface area contributed by atoms with E-state index in [1.54, 1.807) is 0 Å². The second kappa shape index (κ2) is 5.72. The molecule has 0 amide bonds. The zero-order valence-corrected chi connectivity index (χ0v) is 10.4.